The Kier molecular flexibility index (Phi) is 2.95. The second-order valence-corrected chi connectivity index (χ2v) is 4.33. The summed E-state index contributed by atoms with van der Waals surface area (Å²) in [5.74, 6) is 0. The molecule has 0 spiro atoms. The molecule has 0 aromatic heterocycles. The first-order valence-electron chi connectivity index (χ1n) is 2.64. The van der Waals surface area contributed by atoms with Crippen molar-refractivity contribution in [1.29, 1.82) is 0 Å². The first kappa shape index (κ1) is 8.75. The third kappa shape index (κ3) is 1.63. The summed E-state index contributed by atoms with van der Waals surface area (Å²) in [5, 5.41) is 0. The lowest BCUT2D eigenvalue weighted by Crippen LogP contribution is -1.78. The van der Waals surface area contributed by atoms with E-state index >= 15 is 0 Å². The minimum atomic E-state index is 1.02. The van der Waals surface area contributed by atoms with Crippen LogP contribution in [0, 0.1) is 13.0 Å². The third-order valence-corrected chi connectivity index (χ3v) is 4.65. The van der Waals surface area contributed by atoms with Gasteiger partial charge in [-0.3, -0.25) is 0 Å². The van der Waals surface area contributed by atoms with Gasteiger partial charge in [-0.25, -0.2) is 0 Å². The van der Waals surface area contributed by atoms with Crippen molar-refractivity contribution in [3.8, 4) is 0 Å². The molecule has 0 aliphatic carbocycles. The number of hydrogen-bond donors (Lipinski definition) is 0. The Balaban J connectivity index is 3.34. The monoisotopic (exact) mass is 325 g/mol. The summed E-state index contributed by atoms with van der Waals surface area (Å²) >= 11 is 10.2. The molecule has 0 aliphatic heterocycles. The molecule has 1 rings (SSSR count). The lowest BCUT2D eigenvalue weighted by Gasteiger charge is -2.00. The van der Waals surface area contributed by atoms with Crippen molar-refractivity contribution >= 4 is 47.8 Å². The predicted molar refractivity (Wildman–Crippen MR) is 53.1 cm³/mol. The zero-order chi connectivity index (χ0) is 7.72. The molecular weight excluding hydrogens is 324 g/mol. The maximum atomic E-state index is 3.42. The highest BCUT2D eigenvalue weighted by Gasteiger charge is 2.02. The molecule has 0 unspecified atom stereocenters. The van der Waals surface area contributed by atoms with Crippen LogP contribution in [0.4, 0.5) is 0 Å². The summed E-state index contributed by atoms with van der Waals surface area (Å²) in [4.78, 5) is 0. The average Bonchev–Trinajstić information content (AvgIpc) is 1.93. The zero-order valence-corrected chi connectivity index (χ0v) is 9.97. The first-order chi connectivity index (χ1) is 4.63. The summed E-state index contributed by atoms with van der Waals surface area (Å²) in [6, 6.07) is 4.98. The summed E-state index contributed by atoms with van der Waals surface area (Å²) in [5.41, 5.74) is 1.11. The van der Waals surface area contributed by atoms with Gasteiger partial charge in [0.05, 0.1) is 0 Å². The number of rotatable bonds is 0. The summed E-state index contributed by atoms with van der Waals surface area (Å²) < 4.78 is 3.12. The molecule has 0 nitrogen and oxygen atoms in total. The molecule has 0 fully saturated rings. The topological polar surface area (TPSA) is 0 Å². The molecule has 0 heterocycles. The fraction of sp³-hybridized carbons (Fsp3) is 0.143. The molecule has 0 N–H and O–H groups in total. The second kappa shape index (κ2) is 3.37. The lowest BCUT2D eigenvalue weighted by atomic mass is 10.2. The van der Waals surface area contributed by atoms with E-state index in [2.05, 4.69) is 53.9 Å². The van der Waals surface area contributed by atoms with Gasteiger partial charge in [0.1, 0.15) is 0 Å². The standard InChI is InChI=1S/C7H4Br3/c1-4-2-3-5(8)7(10)6(4)9/h3H,1H3. The zero-order valence-electron chi connectivity index (χ0n) is 5.21. The van der Waals surface area contributed by atoms with Crippen LogP contribution in [0.15, 0.2) is 19.5 Å². The van der Waals surface area contributed by atoms with Gasteiger partial charge in [-0.05, 0) is 72.4 Å². The molecule has 1 radical (unpaired) electrons. The Morgan fingerprint density at radius 1 is 1.20 bits per heavy atom. The van der Waals surface area contributed by atoms with E-state index in [0.717, 1.165) is 19.0 Å². The van der Waals surface area contributed by atoms with Gasteiger partial charge in [0, 0.05) is 13.4 Å². The normalized spacial score (nSPS) is 10.0. The highest BCUT2D eigenvalue weighted by atomic mass is 79.9. The largest absolute Gasteiger partial charge is 0.0495 e. The van der Waals surface area contributed by atoms with Gasteiger partial charge in [0.15, 0.2) is 0 Å². The van der Waals surface area contributed by atoms with Crippen molar-refractivity contribution in [3.63, 3.8) is 0 Å². The molecule has 3 heteroatoms. The Morgan fingerprint density at radius 3 is 2.30 bits per heavy atom. The number of aryl methyl sites for hydroxylation is 1. The van der Waals surface area contributed by atoms with Gasteiger partial charge in [-0.15, -0.1) is 0 Å². The summed E-state index contributed by atoms with van der Waals surface area (Å²) in [6.07, 6.45) is 0. The minimum absolute atomic E-state index is 1.02. The maximum absolute atomic E-state index is 3.42. The van der Waals surface area contributed by atoms with Crippen molar-refractivity contribution in [3.05, 3.63) is 31.1 Å². The van der Waals surface area contributed by atoms with Gasteiger partial charge in [0.25, 0.3) is 0 Å². The minimum Gasteiger partial charge on any atom is -0.0495 e. The molecule has 53 valence electrons. The highest BCUT2D eigenvalue weighted by Crippen LogP contribution is 2.32. The van der Waals surface area contributed by atoms with Crippen molar-refractivity contribution in [2.45, 2.75) is 6.92 Å². The number of benzene rings is 1. The molecule has 0 bridgehead atoms. The van der Waals surface area contributed by atoms with Crippen LogP contribution in [-0.2, 0) is 0 Å². The van der Waals surface area contributed by atoms with Crippen LogP contribution < -0.4 is 0 Å². The van der Waals surface area contributed by atoms with Crippen molar-refractivity contribution < 1.29 is 0 Å². The molecule has 1 aromatic carbocycles. The molecule has 0 aliphatic rings. The lowest BCUT2D eigenvalue weighted by molar-refractivity contribution is 1.38. The molecule has 0 saturated heterocycles. The molecule has 10 heavy (non-hydrogen) atoms. The molecule has 0 amide bonds. The van der Waals surface area contributed by atoms with Crippen LogP contribution in [0.2, 0.25) is 0 Å². The van der Waals surface area contributed by atoms with E-state index in [-0.39, 0.29) is 0 Å². The van der Waals surface area contributed by atoms with Crippen LogP contribution >= 0.6 is 47.8 Å². The van der Waals surface area contributed by atoms with Gasteiger partial charge in [-0.2, -0.15) is 0 Å². The number of hydrogen-bond acceptors (Lipinski definition) is 0. The van der Waals surface area contributed by atoms with E-state index in [0.29, 0.717) is 0 Å². The molecule has 0 atom stereocenters. The quantitative estimate of drug-likeness (QED) is 0.630. The highest BCUT2D eigenvalue weighted by molar-refractivity contribution is 9.14. The van der Waals surface area contributed by atoms with Crippen molar-refractivity contribution in [1.82, 2.24) is 0 Å². The van der Waals surface area contributed by atoms with Crippen molar-refractivity contribution in [2.24, 2.45) is 0 Å². The van der Waals surface area contributed by atoms with Crippen LogP contribution in [0.5, 0.6) is 0 Å². The number of halogens is 3. The smallest absolute Gasteiger partial charge is 0.0462 e. The third-order valence-electron chi connectivity index (χ3n) is 1.15. The van der Waals surface area contributed by atoms with Gasteiger partial charge < -0.3 is 0 Å². The van der Waals surface area contributed by atoms with E-state index in [1.165, 1.54) is 0 Å². The first-order valence-corrected chi connectivity index (χ1v) is 5.02. The Hall–Kier alpha value is 0.660. The van der Waals surface area contributed by atoms with Crippen LogP contribution in [-0.4, -0.2) is 0 Å². The fourth-order valence-electron chi connectivity index (χ4n) is 0.568. The summed E-state index contributed by atoms with van der Waals surface area (Å²) in [7, 11) is 0. The van der Waals surface area contributed by atoms with E-state index < -0.39 is 0 Å². The van der Waals surface area contributed by atoms with Crippen LogP contribution in [0.1, 0.15) is 5.56 Å². The van der Waals surface area contributed by atoms with Crippen molar-refractivity contribution in [2.75, 3.05) is 0 Å². The van der Waals surface area contributed by atoms with Gasteiger partial charge in [-0.1, -0.05) is 0 Å². The van der Waals surface area contributed by atoms with Gasteiger partial charge >= 0.3 is 0 Å². The molecular formula is C7H4Br3. The van der Waals surface area contributed by atoms with Crippen LogP contribution in [0.3, 0.4) is 0 Å². The second-order valence-electron chi connectivity index (χ2n) is 1.89. The maximum Gasteiger partial charge on any atom is 0.0462 e. The Morgan fingerprint density at radius 2 is 1.80 bits per heavy atom. The SMILES string of the molecule is Cc1[c]cc(Br)c(Br)c1Br. The van der Waals surface area contributed by atoms with Crippen LogP contribution in [0.25, 0.3) is 0 Å². The van der Waals surface area contributed by atoms with Gasteiger partial charge in [0.2, 0.25) is 0 Å². The Labute approximate surface area is 85.4 Å². The summed E-state index contributed by atoms with van der Waals surface area (Å²) in [6.45, 7) is 2.00. The molecule has 1 aromatic rings. The van der Waals surface area contributed by atoms with E-state index in [9.17, 15) is 0 Å². The van der Waals surface area contributed by atoms with E-state index in [1.54, 1.807) is 0 Å². The van der Waals surface area contributed by atoms with E-state index in [1.807, 2.05) is 13.0 Å². The predicted octanol–water partition coefficient (Wildman–Crippen LogP) is 4.08. The fourth-order valence-corrected chi connectivity index (χ4v) is 1.89. The molecule has 0 saturated carbocycles. The average molecular weight is 328 g/mol. The Bertz CT molecular complexity index is 228. The van der Waals surface area contributed by atoms with E-state index in [4.69, 9.17) is 0 Å².